The van der Waals surface area contributed by atoms with Crippen LogP contribution in [0.5, 0.6) is 0 Å². The van der Waals surface area contributed by atoms with Gasteiger partial charge in [0.25, 0.3) is 0 Å². The molecular formula is C16H14IN3O3. The van der Waals surface area contributed by atoms with Crippen LogP contribution in [-0.4, -0.2) is 25.3 Å². The lowest BCUT2D eigenvalue weighted by Crippen LogP contribution is -2.24. The van der Waals surface area contributed by atoms with E-state index in [1.165, 1.54) is 4.90 Å². The van der Waals surface area contributed by atoms with Gasteiger partial charge in [-0.3, -0.25) is 4.90 Å². The van der Waals surface area contributed by atoms with Crippen molar-refractivity contribution < 1.29 is 14.3 Å². The molecule has 1 fully saturated rings. The first kappa shape index (κ1) is 15.6. The van der Waals surface area contributed by atoms with Gasteiger partial charge in [0.1, 0.15) is 6.61 Å². The first-order valence-electron chi connectivity index (χ1n) is 7.00. The Morgan fingerprint density at radius 3 is 2.52 bits per heavy atom. The lowest BCUT2D eigenvalue weighted by Gasteiger charge is -2.14. The first-order valence-corrected chi connectivity index (χ1v) is 8.07. The SMILES string of the molecule is O=C(Nc1ccc(I)cc1)Nc1cccc(N2CCOC2=O)c1. The summed E-state index contributed by atoms with van der Waals surface area (Å²) in [5, 5.41) is 5.51. The van der Waals surface area contributed by atoms with E-state index in [9.17, 15) is 9.59 Å². The predicted octanol–water partition coefficient (Wildman–Crippen LogP) is 3.89. The fourth-order valence-electron chi connectivity index (χ4n) is 2.21. The van der Waals surface area contributed by atoms with E-state index >= 15 is 0 Å². The average Bonchev–Trinajstić information content (AvgIpc) is 2.96. The number of nitrogens with one attached hydrogen (secondary N) is 2. The lowest BCUT2D eigenvalue weighted by atomic mass is 10.2. The summed E-state index contributed by atoms with van der Waals surface area (Å²) in [6.45, 7) is 0.890. The molecule has 1 aliphatic heterocycles. The second-order valence-electron chi connectivity index (χ2n) is 4.90. The molecule has 7 heteroatoms. The third kappa shape index (κ3) is 3.92. The smallest absolute Gasteiger partial charge is 0.414 e. The Balaban J connectivity index is 1.66. The van der Waals surface area contributed by atoms with Gasteiger partial charge in [0, 0.05) is 20.6 Å². The summed E-state index contributed by atoms with van der Waals surface area (Å²) in [4.78, 5) is 25.1. The maximum absolute atomic E-state index is 12.0. The standard InChI is InChI=1S/C16H14IN3O3/c17-11-4-6-12(7-5-11)18-15(21)19-13-2-1-3-14(10-13)20-8-9-23-16(20)22/h1-7,10H,8-9H2,(H2,18,19,21). The molecule has 2 aromatic carbocycles. The van der Waals surface area contributed by atoms with E-state index in [0.29, 0.717) is 30.2 Å². The Morgan fingerprint density at radius 2 is 1.83 bits per heavy atom. The highest BCUT2D eigenvalue weighted by molar-refractivity contribution is 14.1. The molecule has 0 aliphatic carbocycles. The van der Waals surface area contributed by atoms with Crippen molar-refractivity contribution in [3.05, 3.63) is 52.1 Å². The van der Waals surface area contributed by atoms with Gasteiger partial charge in [-0.1, -0.05) is 6.07 Å². The Bertz CT molecular complexity index is 734. The maximum atomic E-state index is 12.0. The zero-order valence-electron chi connectivity index (χ0n) is 12.1. The molecule has 0 radical (unpaired) electrons. The minimum atomic E-state index is -0.370. The fraction of sp³-hybridized carbons (Fsp3) is 0.125. The first-order chi connectivity index (χ1) is 11.1. The number of rotatable bonds is 3. The Labute approximate surface area is 147 Å². The summed E-state index contributed by atoms with van der Waals surface area (Å²) in [5.74, 6) is 0. The van der Waals surface area contributed by atoms with Crippen molar-refractivity contribution in [2.24, 2.45) is 0 Å². The molecule has 1 heterocycles. The van der Waals surface area contributed by atoms with Gasteiger partial charge < -0.3 is 15.4 Å². The van der Waals surface area contributed by atoms with Crippen molar-refractivity contribution in [3.8, 4) is 0 Å². The molecule has 23 heavy (non-hydrogen) atoms. The zero-order valence-corrected chi connectivity index (χ0v) is 14.2. The largest absolute Gasteiger partial charge is 0.447 e. The number of cyclic esters (lactones) is 1. The summed E-state index contributed by atoms with van der Waals surface area (Å²) >= 11 is 2.20. The number of anilines is 3. The molecule has 3 amide bonds. The molecule has 6 nitrogen and oxygen atoms in total. The molecule has 118 valence electrons. The quantitative estimate of drug-likeness (QED) is 0.737. The van der Waals surface area contributed by atoms with E-state index in [4.69, 9.17) is 4.74 Å². The van der Waals surface area contributed by atoms with Crippen molar-refractivity contribution in [2.45, 2.75) is 0 Å². The van der Waals surface area contributed by atoms with Crippen LogP contribution in [0.25, 0.3) is 0 Å². The molecular weight excluding hydrogens is 409 g/mol. The molecule has 2 aromatic rings. The van der Waals surface area contributed by atoms with E-state index in [1.807, 2.05) is 24.3 Å². The van der Waals surface area contributed by atoms with Crippen LogP contribution >= 0.6 is 22.6 Å². The molecule has 1 aliphatic rings. The van der Waals surface area contributed by atoms with Crippen molar-refractivity contribution in [3.63, 3.8) is 0 Å². The Kier molecular flexibility index (Phi) is 4.65. The summed E-state index contributed by atoms with van der Waals surface area (Å²) in [6.07, 6.45) is -0.370. The number of carbonyl (C=O) groups is 2. The van der Waals surface area contributed by atoms with Crippen LogP contribution in [0.1, 0.15) is 0 Å². The lowest BCUT2D eigenvalue weighted by molar-refractivity contribution is 0.181. The fourth-order valence-corrected chi connectivity index (χ4v) is 2.57. The number of hydrogen-bond acceptors (Lipinski definition) is 3. The highest BCUT2D eigenvalue weighted by atomic mass is 127. The van der Waals surface area contributed by atoms with Gasteiger partial charge in [-0.2, -0.15) is 0 Å². The summed E-state index contributed by atoms with van der Waals surface area (Å²) in [7, 11) is 0. The second kappa shape index (κ2) is 6.86. The number of carbonyl (C=O) groups excluding carboxylic acids is 2. The molecule has 0 atom stereocenters. The third-order valence-corrected chi connectivity index (χ3v) is 4.00. The summed E-state index contributed by atoms with van der Waals surface area (Å²) in [6, 6.07) is 14.2. The topological polar surface area (TPSA) is 70.7 Å². The number of nitrogens with zero attached hydrogens (tertiary/aromatic N) is 1. The second-order valence-corrected chi connectivity index (χ2v) is 6.15. The molecule has 0 unspecified atom stereocenters. The van der Waals surface area contributed by atoms with Gasteiger partial charge in [0.15, 0.2) is 0 Å². The number of benzene rings is 2. The normalized spacial score (nSPS) is 13.6. The molecule has 1 saturated heterocycles. The minimum Gasteiger partial charge on any atom is -0.447 e. The van der Waals surface area contributed by atoms with Crippen LogP contribution in [0.15, 0.2) is 48.5 Å². The molecule has 3 rings (SSSR count). The van der Waals surface area contributed by atoms with Gasteiger partial charge in [-0.15, -0.1) is 0 Å². The van der Waals surface area contributed by atoms with E-state index in [-0.39, 0.29) is 12.1 Å². The minimum absolute atomic E-state index is 0.340. The van der Waals surface area contributed by atoms with Crippen molar-refractivity contribution >= 4 is 51.8 Å². The van der Waals surface area contributed by atoms with E-state index in [2.05, 4.69) is 33.2 Å². The highest BCUT2D eigenvalue weighted by Crippen LogP contribution is 2.22. The van der Waals surface area contributed by atoms with Crippen molar-refractivity contribution in [1.82, 2.24) is 0 Å². The van der Waals surface area contributed by atoms with Crippen LogP contribution in [-0.2, 0) is 4.74 Å². The third-order valence-electron chi connectivity index (χ3n) is 3.28. The monoisotopic (exact) mass is 423 g/mol. The van der Waals surface area contributed by atoms with Gasteiger partial charge in [-0.25, -0.2) is 9.59 Å². The molecule has 0 saturated carbocycles. The molecule has 0 aromatic heterocycles. The van der Waals surface area contributed by atoms with Crippen molar-refractivity contribution in [1.29, 1.82) is 0 Å². The number of amides is 3. The molecule has 0 bridgehead atoms. The number of ether oxygens (including phenoxy) is 1. The van der Waals surface area contributed by atoms with Crippen LogP contribution in [0.3, 0.4) is 0 Å². The maximum Gasteiger partial charge on any atom is 0.414 e. The van der Waals surface area contributed by atoms with Crippen molar-refractivity contribution in [2.75, 3.05) is 28.7 Å². The number of urea groups is 1. The number of hydrogen-bond donors (Lipinski definition) is 2. The Hall–Kier alpha value is -2.29. The van der Waals surface area contributed by atoms with Crippen LogP contribution in [0, 0.1) is 3.57 Å². The van der Waals surface area contributed by atoms with Gasteiger partial charge in [0.2, 0.25) is 0 Å². The van der Waals surface area contributed by atoms with E-state index in [0.717, 1.165) is 3.57 Å². The van der Waals surface area contributed by atoms with Gasteiger partial charge in [0.05, 0.1) is 6.54 Å². The average molecular weight is 423 g/mol. The van der Waals surface area contributed by atoms with Gasteiger partial charge >= 0.3 is 12.1 Å². The number of halogens is 1. The Morgan fingerprint density at radius 1 is 1.09 bits per heavy atom. The van der Waals surface area contributed by atoms with Gasteiger partial charge in [-0.05, 0) is 65.1 Å². The molecule has 0 spiro atoms. The van der Waals surface area contributed by atoms with E-state index in [1.54, 1.807) is 24.3 Å². The summed E-state index contributed by atoms with van der Waals surface area (Å²) < 4.78 is 6.01. The predicted molar refractivity (Wildman–Crippen MR) is 96.9 cm³/mol. The van der Waals surface area contributed by atoms with Crippen LogP contribution in [0.2, 0.25) is 0 Å². The highest BCUT2D eigenvalue weighted by Gasteiger charge is 2.23. The van der Waals surface area contributed by atoms with Crippen LogP contribution in [0.4, 0.5) is 26.7 Å². The molecule has 2 N–H and O–H groups in total. The van der Waals surface area contributed by atoms with E-state index < -0.39 is 0 Å². The zero-order chi connectivity index (χ0) is 16.2. The van der Waals surface area contributed by atoms with Crippen LogP contribution < -0.4 is 15.5 Å². The summed E-state index contributed by atoms with van der Waals surface area (Å²) in [5.41, 5.74) is 2.01.